The molecule has 0 fully saturated rings. The summed E-state index contributed by atoms with van der Waals surface area (Å²) in [5, 5.41) is 0.108. The molecule has 0 aliphatic heterocycles. The van der Waals surface area contributed by atoms with Gasteiger partial charge < -0.3 is 5.73 Å². The van der Waals surface area contributed by atoms with Crippen LogP contribution >= 0.6 is 27.5 Å². The zero-order valence-electron chi connectivity index (χ0n) is 9.43. The second-order valence-corrected chi connectivity index (χ2v) is 5.29. The van der Waals surface area contributed by atoms with E-state index in [0.717, 1.165) is 12.8 Å². The van der Waals surface area contributed by atoms with Gasteiger partial charge >= 0.3 is 0 Å². The maximum atomic E-state index is 13.9. The molecule has 1 aromatic carbocycles. The standard InChI is InChI=1S/C12H16BrClFN/c1-3-4-7(2)12(16)8-5-6-9(13)10(14)11(8)15/h5-7,12H,3-4,16H2,1-2H3. The normalized spacial score (nSPS) is 14.9. The van der Waals surface area contributed by atoms with E-state index in [2.05, 4.69) is 22.9 Å². The van der Waals surface area contributed by atoms with Crippen LogP contribution in [0.4, 0.5) is 4.39 Å². The topological polar surface area (TPSA) is 26.0 Å². The summed E-state index contributed by atoms with van der Waals surface area (Å²) in [7, 11) is 0. The molecule has 2 unspecified atom stereocenters. The number of benzene rings is 1. The van der Waals surface area contributed by atoms with E-state index in [-0.39, 0.29) is 17.0 Å². The molecular weight excluding hydrogens is 292 g/mol. The van der Waals surface area contributed by atoms with E-state index < -0.39 is 5.82 Å². The molecule has 0 spiro atoms. The quantitative estimate of drug-likeness (QED) is 0.803. The van der Waals surface area contributed by atoms with Crippen LogP contribution in [0.1, 0.15) is 38.3 Å². The summed E-state index contributed by atoms with van der Waals surface area (Å²) in [6.07, 6.45) is 2.02. The zero-order valence-corrected chi connectivity index (χ0v) is 11.8. The van der Waals surface area contributed by atoms with Gasteiger partial charge in [-0.15, -0.1) is 0 Å². The smallest absolute Gasteiger partial charge is 0.147 e. The number of hydrogen-bond acceptors (Lipinski definition) is 1. The van der Waals surface area contributed by atoms with E-state index in [0.29, 0.717) is 10.0 Å². The fourth-order valence-corrected chi connectivity index (χ4v) is 2.22. The lowest BCUT2D eigenvalue weighted by molar-refractivity contribution is 0.420. The lowest BCUT2D eigenvalue weighted by atomic mass is 9.91. The molecule has 0 radical (unpaired) electrons. The van der Waals surface area contributed by atoms with Crippen molar-refractivity contribution in [3.63, 3.8) is 0 Å². The van der Waals surface area contributed by atoms with Crippen LogP contribution in [0.5, 0.6) is 0 Å². The number of rotatable bonds is 4. The first kappa shape index (κ1) is 13.9. The summed E-state index contributed by atoms with van der Waals surface area (Å²) >= 11 is 9.02. The molecule has 4 heteroatoms. The first-order chi connectivity index (χ1) is 7.49. The van der Waals surface area contributed by atoms with Gasteiger partial charge in [-0.05, 0) is 34.3 Å². The highest BCUT2D eigenvalue weighted by Gasteiger charge is 2.20. The minimum absolute atomic E-state index is 0.108. The molecule has 0 bridgehead atoms. The average molecular weight is 309 g/mol. The van der Waals surface area contributed by atoms with E-state index in [1.54, 1.807) is 12.1 Å². The Morgan fingerprint density at radius 2 is 2.12 bits per heavy atom. The van der Waals surface area contributed by atoms with Crippen molar-refractivity contribution in [1.82, 2.24) is 0 Å². The molecule has 2 N–H and O–H groups in total. The van der Waals surface area contributed by atoms with E-state index in [1.165, 1.54) is 0 Å². The third-order valence-electron chi connectivity index (χ3n) is 2.78. The Labute approximate surface area is 109 Å². The van der Waals surface area contributed by atoms with Crippen molar-refractivity contribution in [2.75, 3.05) is 0 Å². The number of nitrogens with two attached hydrogens (primary N) is 1. The summed E-state index contributed by atoms with van der Waals surface area (Å²) in [5.41, 5.74) is 6.53. The predicted octanol–water partition coefficient (Wildman–Crippen LogP) is 4.68. The van der Waals surface area contributed by atoms with Crippen LogP contribution in [-0.4, -0.2) is 0 Å². The Kier molecular flexibility index (Phi) is 5.22. The summed E-state index contributed by atoms with van der Waals surface area (Å²) in [5.74, 6) is -0.164. The van der Waals surface area contributed by atoms with Crippen LogP contribution in [0.25, 0.3) is 0 Å². The Morgan fingerprint density at radius 3 is 2.69 bits per heavy atom. The highest BCUT2D eigenvalue weighted by Crippen LogP contribution is 2.32. The third kappa shape index (κ3) is 2.96. The van der Waals surface area contributed by atoms with Gasteiger partial charge in [0.25, 0.3) is 0 Å². The molecular formula is C12H16BrClFN. The summed E-state index contributed by atoms with van der Waals surface area (Å²) in [6.45, 7) is 4.12. The Balaban J connectivity index is 3.00. The highest BCUT2D eigenvalue weighted by molar-refractivity contribution is 9.10. The van der Waals surface area contributed by atoms with Crippen LogP contribution in [0.3, 0.4) is 0 Å². The minimum Gasteiger partial charge on any atom is -0.324 e. The van der Waals surface area contributed by atoms with Crippen molar-refractivity contribution in [2.24, 2.45) is 11.7 Å². The molecule has 0 saturated heterocycles. The molecule has 0 saturated carbocycles. The van der Waals surface area contributed by atoms with Crippen LogP contribution < -0.4 is 5.73 Å². The first-order valence-electron chi connectivity index (χ1n) is 5.38. The van der Waals surface area contributed by atoms with Crippen molar-refractivity contribution in [1.29, 1.82) is 0 Å². The van der Waals surface area contributed by atoms with Crippen LogP contribution in [0, 0.1) is 11.7 Å². The van der Waals surface area contributed by atoms with Crippen molar-refractivity contribution >= 4 is 27.5 Å². The summed E-state index contributed by atoms with van der Waals surface area (Å²) < 4.78 is 14.4. The van der Waals surface area contributed by atoms with Crippen molar-refractivity contribution in [3.8, 4) is 0 Å². The summed E-state index contributed by atoms with van der Waals surface area (Å²) in [4.78, 5) is 0. The molecule has 1 aromatic rings. The Morgan fingerprint density at radius 1 is 1.50 bits per heavy atom. The third-order valence-corrected chi connectivity index (χ3v) is 4.04. The van der Waals surface area contributed by atoms with Gasteiger partial charge in [-0.3, -0.25) is 0 Å². The zero-order chi connectivity index (χ0) is 12.3. The van der Waals surface area contributed by atoms with E-state index in [4.69, 9.17) is 17.3 Å². The molecule has 0 aliphatic carbocycles. The number of hydrogen-bond donors (Lipinski definition) is 1. The molecule has 0 aliphatic rings. The van der Waals surface area contributed by atoms with E-state index in [9.17, 15) is 4.39 Å². The second kappa shape index (κ2) is 5.99. The lowest BCUT2D eigenvalue weighted by Crippen LogP contribution is -2.20. The van der Waals surface area contributed by atoms with Crippen molar-refractivity contribution < 1.29 is 4.39 Å². The fourth-order valence-electron chi connectivity index (χ4n) is 1.74. The van der Waals surface area contributed by atoms with Crippen LogP contribution in [0.2, 0.25) is 5.02 Å². The van der Waals surface area contributed by atoms with Crippen molar-refractivity contribution in [2.45, 2.75) is 32.7 Å². The highest BCUT2D eigenvalue weighted by atomic mass is 79.9. The fraction of sp³-hybridized carbons (Fsp3) is 0.500. The van der Waals surface area contributed by atoms with Gasteiger partial charge in [0.15, 0.2) is 0 Å². The Hall–Kier alpha value is -0.120. The Bertz CT molecular complexity index is 370. The number of halogens is 3. The molecule has 0 amide bonds. The molecule has 1 nitrogen and oxygen atoms in total. The molecule has 0 aromatic heterocycles. The van der Waals surface area contributed by atoms with E-state index >= 15 is 0 Å². The van der Waals surface area contributed by atoms with Gasteiger partial charge in [-0.2, -0.15) is 0 Å². The van der Waals surface area contributed by atoms with Gasteiger partial charge in [0.05, 0.1) is 5.02 Å². The molecule has 0 heterocycles. The maximum Gasteiger partial charge on any atom is 0.147 e. The molecule has 1 rings (SSSR count). The lowest BCUT2D eigenvalue weighted by Gasteiger charge is -2.20. The molecule has 16 heavy (non-hydrogen) atoms. The average Bonchev–Trinajstić information content (AvgIpc) is 2.26. The largest absolute Gasteiger partial charge is 0.324 e. The molecule has 2 atom stereocenters. The van der Waals surface area contributed by atoms with Crippen LogP contribution in [0.15, 0.2) is 16.6 Å². The van der Waals surface area contributed by atoms with Crippen molar-refractivity contribution in [3.05, 3.63) is 33.0 Å². The predicted molar refractivity (Wildman–Crippen MR) is 70.1 cm³/mol. The van der Waals surface area contributed by atoms with Gasteiger partial charge in [0.2, 0.25) is 0 Å². The van der Waals surface area contributed by atoms with Gasteiger partial charge in [0.1, 0.15) is 5.82 Å². The SMILES string of the molecule is CCCC(C)C(N)c1ccc(Br)c(Cl)c1F. The van der Waals surface area contributed by atoms with Gasteiger partial charge in [0, 0.05) is 16.1 Å². The second-order valence-electron chi connectivity index (χ2n) is 4.06. The monoisotopic (exact) mass is 307 g/mol. The van der Waals surface area contributed by atoms with Gasteiger partial charge in [-0.25, -0.2) is 4.39 Å². The summed E-state index contributed by atoms with van der Waals surface area (Å²) in [6, 6.07) is 3.13. The molecule has 90 valence electrons. The minimum atomic E-state index is -0.411. The van der Waals surface area contributed by atoms with Gasteiger partial charge in [-0.1, -0.05) is 37.9 Å². The van der Waals surface area contributed by atoms with E-state index in [1.807, 2.05) is 6.92 Å². The first-order valence-corrected chi connectivity index (χ1v) is 6.55. The maximum absolute atomic E-state index is 13.9. The van der Waals surface area contributed by atoms with Crippen LogP contribution in [-0.2, 0) is 0 Å².